The molecular weight excluding hydrogens is 320 g/mol. The smallest absolute Gasteiger partial charge is 0.255 e. The van der Waals surface area contributed by atoms with Gasteiger partial charge < -0.3 is 20.1 Å². The van der Waals surface area contributed by atoms with Crippen molar-refractivity contribution in [1.82, 2.24) is 25.2 Å². The number of carbonyl (C=O) groups is 2. The van der Waals surface area contributed by atoms with Crippen molar-refractivity contribution in [2.75, 3.05) is 37.6 Å². The highest BCUT2D eigenvalue weighted by Crippen LogP contribution is 2.19. The third kappa shape index (κ3) is 3.47. The summed E-state index contributed by atoms with van der Waals surface area (Å²) >= 11 is 0. The minimum atomic E-state index is -0.152. The molecule has 8 heteroatoms. The molecule has 2 aromatic rings. The van der Waals surface area contributed by atoms with Gasteiger partial charge in [0.05, 0.1) is 11.8 Å². The molecule has 3 rings (SSSR count). The molecule has 132 valence electrons. The molecule has 1 saturated heterocycles. The highest BCUT2D eigenvalue weighted by atomic mass is 16.2. The van der Waals surface area contributed by atoms with Crippen LogP contribution in [0.2, 0.25) is 0 Å². The van der Waals surface area contributed by atoms with Crippen LogP contribution >= 0.6 is 0 Å². The molecule has 1 aliphatic rings. The second kappa shape index (κ2) is 7.33. The lowest BCUT2D eigenvalue weighted by Gasteiger charge is -2.34. The van der Waals surface area contributed by atoms with E-state index in [4.69, 9.17) is 0 Å². The SMILES string of the molecule is C=CC(=O)N1CCN(c2cnc3[nH]cc(C(=O)NCCC)c3n2)CC1. The molecule has 0 aliphatic carbocycles. The number of hydrogen-bond donors (Lipinski definition) is 2. The molecule has 0 aromatic carbocycles. The third-order valence-corrected chi connectivity index (χ3v) is 4.24. The summed E-state index contributed by atoms with van der Waals surface area (Å²) in [5, 5.41) is 2.86. The van der Waals surface area contributed by atoms with E-state index in [1.54, 1.807) is 17.3 Å². The summed E-state index contributed by atoms with van der Waals surface area (Å²) in [6.45, 7) is 8.71. The van der Waals surface area contributed by atoms with Gasteiger partial charge in [-0.25, -0.2) is 9.97 Å². The average Bonchev–Trinajstić information content (AvgIpc) is 3.08. The summed E-state index contributed by atoms with van der Waals surface area (Å²) in [7, 11) is 0. The van der Waals surface area contributed by atoms with Crippen molar-refractivity contribution in [3.63, 3.8) is 0 Å². The van der Waals surface area contributed by atoms with Crippen LogP contribution in [-0.2, 0) is 4.79 Å². The summed E-state index contributed by atoms with van der Waals surface area (Å²) < 4.78 is 0. The Bertz CT molecular complexity index is 792. The summed E-state index contributed by atoms with van der Waals surface area (Å²) in [5.74, 6) is 0.505. The molecule has 2 amide bonds. The second-order valence-corrected chi connectivity index (χ2v) is 5.90. The number of carbonyl (C=O) groups excluding carboxylic acids is 2. The van der Waals surface area contributed by atoms with Crippen LogP contribution in [0, 0.1) is 0 Å². The fourth-order valence-corrected chi connectivity index (χ4v) is 2.83. The number of nitrogens with zero attached hydrogens (tertiary/aromatic N) is 4. The lowest BCUT2D eigenvalue weighted by molar-refractivity contribution is -0.126. The molecule has 0 atom stereocenters. The van der Waals surface area contributed by atoms with Gasteiger partial charge in [-0.05, 0) is 12.5 Å². The van der Waals surface area contributed by atoms with Crippen LogP contribution < -0.4 is 10.2 Å². The predicted octanol–water partition coefficient (Wildman–Crippen LogP) is 0.932. The fourth-order valence-electron chi connectivity index (χ4n) is 2.83. The van der Waals surface area contributed by atoms with Crippen LogP contribution in [0.5, 0.6) is 0 Å². The molecule has 0 spiro atoms. The van der Waals surface area contributed by atoms with Gasteiger partial charge in [-0.2, -0.15) is 0 Å². The number of amides is 2. The van der Waals surface area contributed by atoms with Crippen molar-refractivity contribution in [1.29, 1.82) is 0 Å². The third-order valence-electron chi connectivity index (χ3n) is 4.24. The van der Waals surface area contributed by atoms with Gasteiger partial charge in [0.15, 0.2) is 5.65 Å². The Morgan fingerprint density at radius 3 is 2.80 bits per heavy atom. The highest BCUT2D eigenvalue weighted by molar-refractivity contribution is 6.04. The Balaban J connectivity index is 1.78. The molecule has 0 saturated carbocycles. The lowest BCUT2D eigenvalue weighted by Crippen LogP contribution is -2.48. The van der Waals surface area contributed by atoms with Gasteiger partial charge in [0.25, 0.3) is 5.91 Å². The first-order chi connectivity index (χ1) is 12.1. The van der Waals surface area contributed by atoms with Gasteiger partial charge in [-0.3, -0.25) is 9.59 Å². The molecule has 2 aromatic heterocycles. The van der Waals surface area contributed by atoms with E-state index in [9.17, 15) is 9.59 Å². The van der Waals surface area contributed by atoms with E-state index in [0.717, 1.165) is 6.42 Å². The van der Waals surface area contributed by atoms with Crippen molar-refractivity contribution < 1.29 is 9.59 Å². The van der Waals surface area contributed by atoms with Gasteiger partial charge in [0.2, 0.25) is 5.91 Å². The van der Waals surface area contributed by atoms with Gasteiger partial charge >= 0.3 is 0 Å². The fraction of sp³-hybridized carbons (Fsp3) is 0.412. The zero-order chi connectivity index (χ0) is 17.8. The molecule has 1 aliphatic heterocycles. The van der Waals surface area contributed by atoms with Crippen LogP contribution in [0.4, 0.5) is 5.82 Å². The summed E-state index contributed by atoms with van der Waals surface area (Å²) in [4.78, 5) is 39.7. The number of aromatic amines is 1. The molecule has 3 heterocycles. The van der Waals surface area contributed by atoms with E-state index >= 15 is 0 Å². The highest BCUT2D eigenvalue weighted by Gasteiger charge is 2.22. The maximum atomic E-state index is 12.3. The lowest BCUT2D eigenvalue weighted by atomic mass is 10.2. The number of piperazine rings is 1. The van der Waals surface area contributed by atoms with Crippen LogP contribution in [0.15, 0.2) is 25.0 Å². The number of hydrogen-bond acceptors (Lipinski definition) is 5. The second-order valence-electron chi connectivity index (χ2n) is 5.90. The zero-order valence-electron chi connectivity index (χ0n) is 14.3. The van der Waals surface area contributed by atoms with E-state index in [1.807, 2.05) is 6.92 Å². The maximum Gasteiger partial charge on any atom is 0.255 e. The van der Waals surface area contributed by atoms with Crippen molar-refractivity contribution in [3.05, 3.63) is 30.6 Å². The normalized spacial score (nSPS) is 14.6. The molecule has 0 bridgehead atoms. The Hall–Kier alpha value is -2.90. The van der Waals surface area contributed by atoms with Gasteiger partial charge in [-0.1, -0.05) is 13.5 Å². The van der Waals surface area contributed by atoms with E-state index in [-0.39, 0.29) is 11.8 Å². The molecule has 0 radical (unpaired) electrons. The first-order valence-corrected chi connectivity index (χ1v) is 8.42. The average molecular weight is 342 g/mol. The predicted molar refractivity (Wildman–Crippen MR) is 95.5 cm³/mol. The van der Waals surface area contributed by atoms with Crippen LogP contribution in [0.1, 0.15) is 23.7 Å². The quantitative estimate of drug-likeness (QED) is 0.789. The number of fused-ring (bicyclic) bond motifs is 1. The molecule has 8 nitrogen and oxygen atoms in total. The number of anilines is 1. The first-order valence-electron chi connectivity index (χ1n) is 8.42. The van der Waals surface area contributed by atoms with Crippen LogP contribution in [0.3, 0.4) is 0 Å². The molecule has 2 N–H and O–H groups in total. The van der Waals surface area contributed by atoms with Crippen molar-refractivity contribution in [2.45, 2.75) is 13.3 Å². The van der Waals surface area contributed by atoms with Crippen molar-refractivity contribution >= 4 is 28.8 Å². The zero-order valence-corrected chi connectivity index (χ0v) is 14.3. The van der Waals surface area contributed by atoms with Gasteiger partial charge in [0.1, 0.15) is 11.3 Å². The minimum Gasteiger partial charge on any atom is -0.352 e. The van der Waals surface area contributed by atoms with Gasteiger partial charge in [-0.15, -0.1) is 0 Å². The maximum absolute atomic E-state index is 12.3. The number of nitrogens with one attached hydrogen (secondary N) is 2. The van der Waals surface area contributed by atoms with E-state index < -0.39 is 0 Å². The summed E-state index contributed by atoms with van der Waals surface area (Å²) in [5.41, 5.74) is 1.65. The largest absolute Gasteiger partial charge is 0.352 e. The van der Waals surface area contributed by atoms with Crippen molar-refractivity contribution in [3.8, 4) is 0 Å². The number of rotatable bonds is 5. The van der Waals surface area contributed by atoms with Gasteiger partial charge in [0, 0.05) is 38.9 Å². The summed E-state index contributed by atoms with van der Waals surface area (Å²) in [6, 6.07) is 0. The van der Waals surface area contributed by atoms with Crippen molar-refractivity contribution in [2.24, 2.45) is 0 Å². The standard InChI is InChI=1S/C17H22N6O2/c1-3-5-18-17(25)12-10-19-16-15(12)21-13(11-20-16)22-6-8-23(9-7-22)14(24)4-2/h4,10-11H,2-3,5-9H2,1H3,(H,18,25)(H,19,20). The minimum absolute atomic E-state index is 0.0540. The first kappa shape index (κ1) is 16.9. The molecule has 1 fully saturated rings. The number of H-pyrrole nitrogens is 1. The molecule has 0 unspecified atom stereocenters. The Labute approximate surface area is 145 Å². The number of aromatic nitrogens is 3. The Morgan fingerprint density at radius 1 is 1.36 bits per heavy atom. The Kier molecular flexibility index (Phi) is 4.97. The summed E-state index contributed by atoms with van der Waals surface area (Å²) in [6.07, 6.45) is 5.54. The van der Waals surface area contributed by atoms with Crippen LogP contribution in [-0.4, -0.2) is 64.4 Å². The van der Waals surface area contributed by atoms with Crippen LogP contribution in [0.25, 0.3) is 11.2 Å². The topological polar surface area (TPSA) is 94.2 Å². The molecule has 25 heavy (non-hydrogen) atoms. The monoisotopic (exact) mass is 342 g/mol. The van der Waals surface area contributed by atoms with E-state index in [2.05, 4.69) is 31.7 Å². The van der Waals surface area contributed by atoms with E-state index in [0.29, 0.717) is 55.3 Å². The van der Waals surface area contributed by atoms with E-state index in [1.165, 1.54) is 6.08 Å². The Morgan fingerprint density at radius 2 is 2.12 bits per heavy atom. The molecular formula is C17H22N6O2.